The number of benzene rings is 2. The van der Waals surface area contributed by atoms with Crippen LogP contribution in [0.2, 0.25) is 0 Å². The molecule has 1 heterocycles. The zero-order valence-electron chi connectivity index (χ0n) is 11.8. The molecule has 2 aromatic carbocycles. The fourth-order valence-electron chi connectivity index (χ4n) is 2.05. The highest BCUT2D eigenvalue weighted by Crippen LogP contribution is 2.30. The van der Waals surface area contributed by atoms with Gasteiger partial charge in [0, 0.05) is 11.3 Å². The number of aromatic amines is 1. The Morgan fingerprint density at radius 2 is 1.91 bits per heavy atom. The van der Waals surface area contributed by atoms with E-state index < -0.39 is 0 Å². The summed E-state index contributed by atoms with van der Waals surface area (Å²) < 4.78 is 0.138. The van der Waals surface area contributed by atoms with Crippen molar-refractivity contribution in [3.05, 3.63) is 53.6 Å². The van der Waals surface area contributed by atoms with Crippen LogP contribution in [-0.2, 0) is 0 Å². The van der Waals surface area contributed by atoms with Crippen molar-refractivity contribution in [3.8, 4) is 0 Å². The number of amides is 1. The van der Waals surface area contributed by atoms with Gasteiger partial charge in [-0.1, -0.05) is 12.1 Å². The maximum absolute atomic E-state index is 12.3. The third kappa shape index (κ3) is 3.10. The van der Waals surface area contributed by atoms with Crippen LogP contribution in [0.15, 0.2) is 42.5 Å². The molecule has 3 aromatic rings. The van der Waals surface area contributed by atoms with E-state index in [0.29, 0.717) is 11.1 Å². The molecule has 0 fully saturated rings. The zero-order chi connectivity index (χ0) is 15.5. The quantitative estimate of drug-likeness (QED) is 0.506. The van der Waals surface area contributed by atoms with E-state index in [1.165, 1.54) is 0 Å². The number of carbonyl (C=O) groups excluding carboxylic acids is 1. The van der Waals surface area contributed by atoms with Gasteiger partial charge in [-0.05, 0) is 42.2 Å². The molecule has 0 aliphatic heterocycles. The van der Waals surface area contributed by atoms with Gasteiger partial charge in [0.25, 0.3) is 5.91 Å². The van der Waals surface area contributed by atoms with Gasteiger partial charge >= 0.3 is 0 Å². The number of nitrogens with zero attached hydrogens (tertiary/aromatic N) is 2. The fourth-order valence-corrected chi connectivity index (χ4v) is 2.65. The van der Waals surface area contributed by atoms with E-state index in [9.17, 15) is 4.79 Å². The Morgan fingerprint density at radius 3 is 2.64 bits per heavy atom. The Balaban J connectivity index is 1.75. The number of nitrogens with one attached hydrogen (secondary N) is 2. The first-order chi connectivity index (χ1) is 10.7. The Bertz CT molecular complexity index is 801. The van der Waals surface area contributed by atoms with Crippen molar-refractivity contribution in [1.82, 2.24) is 15.4 Å². The van der Waals surface area contributed by atoms with Crippen LogP contribution in [-0.4, -0.2) is 27.6 Å². The summed E-state index contributed by atoms with van der Waals surface area (Å²) >= 11 is 6.13. The SMILES string of the molecule is CSC(S)c1ccc(NC(=O)c2ccc3n[nH]nc3c2)cc1. The summed E-state index contributed by atoms with van der Waals surface area (Å²) in [6.45, 7) is 0. The van der Waals surface area contributed by atoms with E-state index in [-0.39, 0.29) is 10.5 Å². The smallest absolute Gasteiger partial charge is 0.255 e. The van der Waals surface area contributed by atoms with Crippen LogP contribution in [0.5, 0.6) is 0 Å². The van der Waals surface area contributed by atoms with Crippen LogP contribution < -0.4 is 5.32 Å². The highest BCUT2D eigenvalue weighted by Gasteiger charge is 2.09. The number of anilines is 1. The van der Waals surface area contributed by atoms with Gasteiger partial charge in [-0.2, -0.15) is 28.0 Å². The number of thioether (sulfide) groups is 1. The molecule has 0 radical (unpaired) electrons. The van der Waals surface area contributed by atoms with E-state index >= 15 is 0 Å². The summed E-state index contributed by atoms with van der Waals surface area (Å²) in [5, 5.41) is 13.3. The van der Waals surface area contributed by atoms with Crippen molar-refractivity contribution in [2.45, 2.75) is 4.58 Å². The summed E-state index contributed by atoms with van der Waals surface area (Å²) in [5.74, 6) is -0.176. The molecule has 1 amide bonds. The first-order valence-corrected chi connectivity index (χ1v) is 8.40. The largest absolute Gasteiger partial charge is 0.322 e. The summed E-state index contributed by atoms with van der Waals surface area (Å²) in [5.41, 5.74) is 3.80. The monoisotopic (exact) mass is 330 g/mol. The Morgan fingerprint density at radius 1 is 1.18 bits per heavy atom. The summed E-state index contributed by atoms with van der Waals surface area (Å²) in [6, 6.07) is 12.9. The minimum Gasteiger partial charge on any atom is -0.322 e. The van der Waals surface area contributed by atoms with Gasteiger partial charge < -0.3 is 5.32 Å². The molecule has 2 N–H and O–H groups in total. The second-order valence-electron chi connectivity index (χ2n) is 4.69. The van der Waals surface area contributed by atoms with Gasteiger partial charge in [-0.3, -0.25) is 4.79 Å². The maximum atomic E-state index is 12.3. The van der Waals surface area contributed by atoms with E-state index in [0.717, 1.165) is 16.8 Å². The predicted octanol–water partition coefficient (Wildman–Crippen LogP) is 3.50. The Hall–Kier alpha value is -1.99. The van der Waals surface area contributed by atoms with E-state index in [4.69, 9.17) is 0 Å². The molecule has 1 unspecified atom stereocenters. The second kappa shape index (κ2) is 6.41. The number of carbonyl (C=O) groups is 1. The molecule has 1 atom stereocenters. The Labute approximate surface area is 137 Å². The number of aromatic nitrogens is 3. The predicted molar refractivity (Wildman–Crippen MR) is 93.5 cm³/mol. The van der Waals surface area contributed by atoms with Crippen LogP contribution in [0.3, 0.4) is 0 Å². The van der Waals surface area contributed by atoms with E-state index in [1.807, 2.05) is 30.5 Å². The normalized spacial score (nSPS) is 12.3. The average molecular weight is 330 g/mol. The van der Waals surface area contributed by atoms with Crippen molar-refractivity contribution in [2.75, 3.05) is 11.6 Å². The average Bonchev–Trinajstić information content (AvgIpc) is 3.02. The van der Waals surface area contributed by atoms with Crippen molar-refractivity contribution in [2.24, 2.45) is 0 Å². The van der Waals surface area contributed by atoms with Crippen LogP contribution in [0.25, 0.3) is 11.0 Å². The van der Waals surface area contributed by atoms with Gasteiger partial charge in [-0.25, -0.2) is 0 Å². The van der Waals surface area contributed by atoms with Gasteiger partial charge in [0.1, 0.15) is 11.0 Å². The highest BCUT2D eigenvalue weighted by atomic mass is 32.2. The molecule has 0 saturated carbocycles. The third-order valence-electron chi connectivity index (χ3n) is 3.26. The van der Waals surface area contributed by atoms with Crippen molar-refractivity contribution >= 4 is 47.0 Å². The molecule has 112 valence electrons. The number of rotatable bonds is 4. The lowest BCUT2D eigenvalue weighted by Crippen LogP contribution is -2.11. The number of fused-ring (bicyclic) bond motifs is 1. The molecule has 7 heteroatoms. The van der Waals surface area contributed by atoms with Crippen LogP contribution in [0.4, 0.5) is 5.69 Å². The van der Waals surface area contributed by atoms with Crippen molar-refractivity contribution in [3.63, 3.8) is 0 Å². The molecular formula is C15H14N4OS2. The first-order valence-electron chi connectivity index (χ1n) is 6.60. The molecule has 22 heavy (non-hydrogen) atoms. The lowest BCUT2D eigenvalue weighted by Gasteiger charge is -2.09. The zero-order valence-corrected chi connectivity index (χ0v) is 13.5. The number of hydrogen-bond acceptors (Lipinski definition) is 5. The van der Waals surface area contributed by atoms with Crippen molar-refractivity contribution < 1.29 is 4.79 Å². The van der Waals surface area contributed by atoms with E-state index in [2.05, 4.69) is 33.4 Å². The maximum Gasteiger partial charge on any atom is 0.255 e. The lowest BCUT2D eigenvalue weighted by atomic mass is 10.1. The molecule has 0 aliphatic rings. The topological polar surface area (TPSA) is 70.7 Å². The number of thiol groups is 1. The molecule has 3 rings (SSSR count). The van der Waals surface area contributed by atoms with Crippen LogP contribution >= 0.6 is 24.4 Å². The number of hydrogen-bond donors (Lipinski definition) is 3. The second-order valence-corrected chi connectivity index (χ2v) is 6.50. The Kier molecular flexibility index (Phi) is 4.35. The number of H-pyrrole nitrogens is 1. The third-order valence-corrected chi connectivity index (χ3v) is 4.90. The molecule has 5 nitrogen and oxygen atoms in total. The first kappa shape index (κ1) is 14.9. The fraction of sp³-hybridized carbons (Fsp3) is 0.133. The minimum atomic E-state index is -0.176. The summed E-state index contributed by atoms with van der Waals surface area (Å²) in [4.78, 5) is 12.3. The van der Waals surface area contributed by atoms with Crippen LogP contribution in [0, 0.1) is 0 Å². The molecular weight excluding hydrogens is 316 g/mol. The minimum absolute atomic E-state index is 0.138. The van der Waals surface area contributed by atoms with Crippen molar-refractivity contribution in [1.29, 1.82) is 0 Å². The van der Waals surface area contributed by atoms with Gasteiger partial charge in [0.05, 0.1) is 4.58 Å². The molecule has 0 spiro atoms. The lowest BCUT2D eigenvalue weighted by molar-refractivity contribution is 0.102. The molecule has 0 bridgehead atoms. The van der Waals surface area contributed by atoms with E-state index in [1.54, 1.807) is 30.0 Å². The van der Waals surface area contributed by atoms with Crippen LogP contribution in [0.1, 0.15) is 20.5 Å². The van der Waals surface area contributed by atoms with Gasteiger partial charge in [-0.15, -0.1) is 11.8 Å². The molecule has 0 aliphatic carbocycles. The molecule has 0 saturated heterocycles. The highest BCUT2D eigenvalue weighted by molar-refractivity contribution is 8.09. The summed E-state index contributed by atoms with van der Waals surface area (Å²) in [7, 11) is 0. The van der Waals surface area contributed by atoms with Gasteiger partial charge in [0.2, 0.25) is 0 Å². The standard InChI is InChI=1S/C15H14N4OS2/c1-22-15(21)9-2-5-11(6-3-9)16-14(20)10-4-7-12-13(8-10)18-19-17-12/h2-8,15,21H,1H3,(H,16,20)(H,17,18,19). The summed E-state index contributed by atoms with van der Waals surface area (Å²) in [6.07, 6.45) is 2.01. The molecule has 1 aromatic heterocycles. The van der Waals surface area contributed by atoms with Gasteiger partial charge in [0.15, 0.2) is 0 Å².